The molecule has 3 heteroatoms. The van der Waals surface area contributed by atoms with E-state index in [2.05, 4.69) is 6.92 Å². The van der Waals surface area contributed by atoms with Crippen molar-refractivity contribution in [2.45, 2.75) is 64.2 Å². The lowest BCUT2D eigenvalue weighted by atomic mass is 9.87. The molecule has 0 radical (unpaired) electrons. The summed E-state index contributed by atoms with van der Waals surface area (Å²) in [6, 6.07) is 11.7. The van der Waals surface area contributed by atoms with Gasteiger partial charge in [0.2, 0.25) is 0 Å². The summed E-state index contributed by atoms with van der Waals surface area (Å²) in [4.78, 5) is 12.6. The van der Waals surface area contributed by atoms with E-state index in [1.54, 1.807) is 6.07 Å². The fourth-order valence-electron chi connectivity index (χ4n) is 3.62. The van der Waals surface area contributed by atoms with Crippen molar-refractivity contribution in [2.24, 2.45) is 5.92 Å². The van der Waals surface area contributed by atoms with Crippen molar-refractivity contribution in [3.05, 3.63) is 63.7 Å². The van der Waals surface area contributed by atoms with Crippen LogP contribution in [0.15, 0.2) is 45.6 Å². The van der Waals surface area contributed by atoms with Crippen LogP contribution in [-0.2, 0) is 6.42 Å². The molecule has 0 amide bonds. The number of hydrogen-bond acceptors (Lipinski definition) is 3. The molecule has 1 heterocycles. The van der Waals surface area contributed by atoms with Gasteiger partial charge in [0.25, 0.3) is 0 Å². The number of benzene rings is 1. The molecule has 25 heavy (non-hydrogen) atoms. The highest BCUT2D eigenvalue weighted by Gasteiger charge is 2.37. The minimum absolute atomic E-state index is 0.0592. The lowest BCUT2D eigenvalue weighted by molar-refractivity contribution is 0.400. The maximum Gasteiger partial charge on any atom is 0.343 e. The first-order chi connectivity index (χ1) is 12.2. The smallest absolute Gasteiger partial charge is 0.343 e. The highest BCUT2D eigenvalue weighted by molar-refractivity contribution is 5.41. The molecule has 1 unspecified atom stereocenters. The SMILES string of the molecule is CCCCCCCc1cc(O)c(C(c2ccccc2)C2CC2)c(=O)o1. The fraction of sp³-hybridized carbons (Fsp3) is 0.500. The normalized spacial score (nSPS) is 15.2. The van der Waals surface area contributed by atoms with Gasteiger partial charge in [0.1, 0.15) is 11.5 Å². The summed E-state index contributed by atoms with van der Waals surface area (Å²) in [6.07, 6.45) is 8.70. The lowest BCUT2D eigenvalue weighted by Gasteiger charge is -2.17. The van der Waals surface area contributed by atoms with E-state index in [1.807, 2.05) is 30.3 Å². The molecule has 1 saturated carbocycles. The van der Waals surface area contributed by atoms with E-state index in [4.69, 9.17) is 4.42 Å². The molecule has 134 valence electrons. The molecule has 2 aromatic rings. The number of hydrogen-bond donors (Lipinski definition) is 1. The van der Waals surface area contributed by atoms with Crippen molar-refractivity contribution >= 4 is 0 Å². The van der Waals surface area contributed by atoms with Crippen LogP contribution >= 0.6 is 0 Å². The van der Waals surface area contributed by atoms with E-state index >= 15 is 0 Å². The van der Waals surface area contributed by atoms with Crippen molar-refractivity contribution in [2.75, 3.05) is 0 Å². The van der Waals surface area contributed by atoms with Crippen LogP contribution < -0.4 is 5.63 Å². The quantitative estimate of drug-likeness (QED) is 0.622. The summed E-state index contributed by atoms with van der Waals surface area (Å²) in [6.45, 7) is 2.19. The standard InChI is InChI=1S/C22H28O3/c1-2-3-4-5-9-12-18-15-19(23)21(22(24)25-18)20(17-13-14-17)16-10-7-6-8-11-16/h6-8,10-11,15,17,20,23H,2-5,9,12-14H2,1H3. The molecule has 1 fully saturated rings. The Morgan fingerprint density at radius 1 is 1.12 bits per heavy atom. The van der Waals surface area contributed by atoms with Crippen molar-refractivity contribution in [3.63, 3.8) is 0 Å². The van der Waals surface area contributed by atoms with Crippen LogP contribution in [0.25, 0.3) is 0 Å². The first kappa shape index (κ1) is 17.8. The predicted octanol–water partition coefficient (Wildman–Crippen LogP) is 5.40. The van der Waals surface area contributed by atoms with Crippen LogP contribution in [0.4, 0.5) is 0 Å². The molecule has 1 aliphatic carbocycles. The van der Waals surface area contributed by atoms with Gasteiger partial charge in [0, 0.05) is 18.4 Å². The van der Waals surface area contributed by atoms with Gasteiger partial charge in [0.15, 0.2) is 0 Å². The largest absolute Gasteiger partial charge is 0.507 e. The van der Waals surface area contributed by atoms with E-state index in [0.717, 1.165) is 31.2 Å². The van der Waals surface area contributed by atoms with Crippen LogP contribution in [0.5, 0.6) is 5.75 Å². The van der Waals surface area contributed by atoms with Gasteiger partial charge in [-0.15, -0.1) is 0 Å². The first-order valence-corrected chi connectivity index (χ1v) is 9.61. The fourth-order valence-corrected chi connectivity index (χ4v) is 3.62. The molecular formula is C22H28O3. The van der Waals surface area contributed by atoms with E-state index in [0.29, 0.717) is 23.7 Å². The zero-order valence-corrected chi connectivity index (χ0v) is 15.0. The van der Waals surface area contributed by atoms with Gasteiger partial charge in [-0.2, -0.15) is 0 Å². The predicted molar refractivity (Wildman–Crippen MR) is 100 cm³/mol. The number of rotatable bonds is 9. The van der Waals surface area contributed by atoms with Gasteiger partial charge >= 0.3 is 5.63 Å². The average Bonchev–Trinajstić information content (AvgIpc) is 3.43. The van der Waals surface area contributed by atoms with E-state index in [1.165, 1.54) is 19.3 Å². The lowest BCUT2D eigenvalue weighted by Crippen LogP contribution is -2.16. The van der Waals surface area contributed by atoms with Gasteiger partial charge in [-0.05, 0) is 30.7 Å². The topological polar surface area (TPSA) is 50.4 Å². The molecule has 0 saturated heterocycles. The van der Waals surface area contributed by atoms with E-state index < -0.39 is 0 Å². The molecule has 1 N–H and O–H groups in total. The molecule has 3 nitrogen and oxygen atoms in total. The van der Waals surface area contributed by atoms with Crippen LogP contribution in [-0.4, -0.2) is 5.11 Å². The third kappa shape index (κ3) is 4.53. The molecule has 1 aromatic carbocycles. The summed E-state index contributed by atoms with van der Waals surface area (Å²) in [7, 11) is 0. The Bertz CT molecular complexity index is 729. The Hall–Kier alpha value is -2.03. The Morgan fingerprint density at radius 3 is 2.48 bits per heavy atom. The third-order valence-corrected chi connectivity index (χ3v) is 5.11. The molecule has 3 rings (SSSR count). The highest BCUT2D eigenvalue weighted by atomic mass is 16.4. The zero-order chi connectivity index (χ0) is 17.6. The van der Waals surface area contributed by atoms with Gasteiger partial charge in [-0.3, -0.25) is 0 Å². The van der Waals surface area contributed by atoms with Gasteiger partial charge in [-0.25, -0.2) is 4.79 Å². The Labute approximate surface area is 149 Å². The minimum atomic E-state index is -0.371. The molecular weight excluding hydrogens is 312 g/mol. The van der Waals surface area contributed by atoms with Gasteiger partial charge in [-0.1, -0.05) is 62.9 Å². The van der Waals surface area contributed by atoms with E-state index in [9.17, 15) is 9.90 Å². The Morgan fingerprint density at radius 2 is 1.84 bits per heavy atom. The molecule has 1 aliphatic rings. The summed E-state index contributed by atoms with van der Waals surface area (Å²) >= 11 is 0. The Kier molecular flexibility index (Phi) is 5.95. The monoisotopic (exact) mass is 340 g/mol. The van der Waals surface area contributed by atoms with E-state index in [-0.39, 0.29) is 17.3 Å². The molecule has 1 atom stereocenters. The van der Waals surface area contributed by atoms with Crippen LogP contribution in [0, 0.1) is 5.92 Å². The molecule has 1 aromatic heterocycles. The second-order valence-corrected chi connectivity index (χ2v) is 7.19. The van der Waals surface area contributed by atoms with Crippen molar-refractivity contribution < 1.29 is 9.52 Å². The van der Waals surface area contributed by atoms with Crippen LogP contribution in [0.1, 0.15) is 74.7 Å². The summed E-state index contributed by atoms with van der Waals surface area (Å²) < 4.78 is 5.56. The van der Waals surface area contributed by atoms with Gasteiger partial charge in [0.05, 0.1) is 5.56 Å². The molecule has 0 bridgehead atoms. The van der Waals surface area contributed by atoms with Crippen molar-refractivity contribution in [3.8, 4) is 5.75 Å². The summed E-state index contributed by atoms with van der Waals surface area (Å²) in [5.41, 5.74) is 1.15. The second kappa shape index (κ2) is 8.37. The number of unbranched alkanes of at least 4 members (excludes halogenated alkanes) is 4. The number of aromatic hydroxyl groups is 1. The summed E-state index contributed by atoms with van der Waals surface area (Å²) in [5.74, 6) is 1.07. The maximum absolute atomic E-state index is 12.6. The Balaban J connectivity index is 1.78. The number of aryl methyl sites for hydroxylation is 1. The average molecular weight is 340 g/mol. The first-order valence-electron chi connectivity index (χ1n) is 9.61. The van der Waals surface area contributed by atoms with Gasteiger partial charge < -0.3 is 9.52 Å². The summed E-state index contributed by atoms with van der Waals surface area (Å²) in [5, 5.41) is 10.6. The molecule has 0 aliphatic heterocycles. The highest BCUT2D eigenvalue weighted by Crippen LogP contribution is 2.47. The van der Waals surface area contributed by atoms with Crippen molar-refractivity contribution in [1.29, 1.82) is 0 Å². The van der Waals surface area contributed by atoms with Crippen LogP contribution in [0.2, 0.25) is 0 Å². The third-order valence-electron chi connectivity index (χ3n) is 5.11. The maximum atomic E-state index is 12.6. The van der Waals surface area contributed by atoms with Crippen molar-refractivity contribution in [1.82, 2.24) is 0 Å². The van der Waals surface area contributed by atoms with Crippen LogP contribution in [0.3, 0.4) is 0 Å². The minimum Gasteiger partial charge on any atom is -0.507 e. The zero-order valence-electron chi connectivity index (χ0n) is 15.0. The molecule has 0 spiro atoms. The second-order valence-electron chi connectivity index (χ2n) is 7.19.